The van der Waals surface area contributed by atoms with E-state index in [0.717, 1.165) is 17.2 Å². The van der Waals surface area contributed by atoms with Crippen LogP contribution in [0.15, 0.2) is 46.9 Å². The highest BCUT2D eigenvalue weighted by molar-refractivity contribution is 7.12. The first-order valence-electron chi connectivity index (χ1n) is 5.39. The molecule has 0 spiro atoms. The van der Waals surface area contributed by atoms with E-state index < -0.39 is 0 Å². The number of benzene rings is 1. The third-order valence-corrected chi connectivity index (χ3v) is 3.94. The number of hydrogen-bond donors (Lipinski definition) is 0. The zero-order valence-corrected chi connectivity index (χ0v) is 10.6. The van der Waals surface area contributed by atoms with Crippen molar-refractivity contribution < 1.29 is 0 Å². The molecule has 0 saturated carbocycles. The van der Waals surface area contributed by atoms with Gasteiger partial charge in [-0.1, -0.05) is 29.8 Å². The molecule has 0 saturated heterocycles. The Balaban J connectivity index is 1.76. The maximum absolute atomic E-state index is 5.87. The molecular weight excluding hydrogens is 252 g/mol. The summed E-state index contributed by atoms with van der Waals surface area (Å²) in [5, 5.41) is 7.10. The average Bonchev–Trinajstić information content (AvgIpc) is 3.00. The standard InChI is InChI=1S/C13H10ClN2S/c14-10-5-3-9(4-6-10)11-8-12(16-15-11)13-2-1-7-17-13/h1-7,11H,8H2. The van der Waals surface area contributed by atoms with Crippen LogP contribution < -0.4 is 5.43 Å². The van der Waals surface area contributed by atoms with Crippen LogP contribution >= 0.6 is 22.9 Å². The predicted octanol–water partition coefficient (Wildman–Crippen LogP) is 3.86. The Kier molecular flexibility index (Phi) is 2.87. The molecule has 1 atom stereocenters. The van der Waals surface area contributed by atoms with Crippen molar-refractivity contribution in [3.8, 4) is 0 Å². The van der Waals surface area contributed by atoms with Crippen LogP contribution in [-0.4, -0.2) is 5.71 Å². The smallest absolute Gasteiger partial charge is 0.102 e. The lowest BCUT2D eigenvalue weighted by molar-refractivity contribution is 0.606. The molecule has 1 radical (unpaired) electrons. The van der Waals surface area contributed by atoms with E-state index in [9.17, 15) is 0 Å². The van der Waals surface area contributed by atoms with Crippen molar-refractivity contribution in [2.45, 2.75) is 12.5 Å². The fraction of sp³-hybridized carbons (Fsp3) is 0.154. The quantitative estimate of drug-likeness (QED) is 0.785. The first-order valence-corrected chi connectivity index (χ1v) is 6.65. The lowest BCUT2D eigenvalue weighted by Gasteiger charge is -2.07. The molecule has 1 aliphatic rings. The lowest BCUT2D eigenvalue weighted by Crippen LogP contribution is -2.04. The van der Waals surface area contributed by atoms with Gasteiger partial charge >= 0.3 is 0 Å². The van der Waals surface area contributed by atoms with Crippen molar-refractivity contribution in [1.82, 2.24) is 5.43 Å². The van der Waals surface area contributed by atoms with Crippen LogP contribution in [0.4, 0.5) is 0 Å². The second-order valence-corrected chi connectivity index (χ2v) is 5.30. The molecule has 2 nitrogen and oxygen atoms in total. The molecule has 0 aliphatic carbocycles. The molecule has 1 aromatic heterocycles. The van der Waals surface area contributed by atoms with Crippen molar-refractivity contribution >= 4 is 28.6 Å². The number of halogens is 1. The minimum atomic E-state index is 0.143. The molecule has 0 bridgehead atoms. The average molecular weight is 262 g/mol. The number of rotatable bonds is 2. The monoisotopic (exact) mass is 261 g/mol. The Hall–Kier alpha value is -1.32. The molecule has 0 fully saturated rings. The van der Waals surface area contributed by atoms with Crippen LogP contribution in [0.25, 0.3) is 0 Å². The molecule has 1 aromatic carbocycles. The van der Waals surface area contributed by atoms with Crippen molar-refractivity contribution in [3.63, 3.8) is 0 Å². The Labute approximate surface area is 109 Å². The summed E-state index contributed by atoms with van der Waals surface area (Å²) in [7, 11) is 0. The molecule has 17 heavy (non-hydrogen) atoms. The van der Waals surface area contributed by atoms with Crippen molar-refractivity contribution in [1.29, 1.82) is 0 Å². The summed E-state index contributed by atoms with van der Waals surface area (Å²) in [6, 6.07) is 12.1. The molecular formula is C13H10ClN2S. The number of nitrogens with zero attached hydrogens (tertiary/aromatic N) is 2. The van der Waals surface area contributed by atoms with E-state index in [4.69, 9.17) is 11.6 Å². The molecule has 4 heteroatoms. The van der Waals surface area contributed by atoms with Gasteiger partial charge in [0.05, 0.1) is 10.6 Å². The number of thiophene rings is 1. The van der Waals surface area contributed by atoms with Gasteiger partial charge in [-0.05, 0) is 29.1 Å². The van der Waals surface area contributed by atoms with Crippen LogP contribution in [0, 0.1) is 0 Å². The lowest BCUT2D eigenvalue weighted by atomic mass is 10.0. The van der Waals surface area contributed by atoms with Crippen molar-refractivity contribution in [3.05, 3.63) is 57.2 Å². The van der Waals surface area contributed by atoms with Gasteiger partial charge in [0.15, 0.2) is 0 Å². The van der Waals surface area contributed by atoms with Crippen LogP contribution in [0.5, 0.6) is 0 Å². The van der Waals surface area contributed by atoms with Crippen molar-refractivity contribution in [2.75, 3.05) is 0 Å². The Bertz CT molecular complexity index is 531. The van der Waals surface area contributed by atoms with E-state index in [-0.39, 0.29) is 6.04 Å². The summed E-state index contributed by atoms with van der Waals surface area (Å²) in [6.45, 7) is 0. The predicted molar refractivity (Wildman–Crippen MR) is 71.8 cm³/mol. The Morgan fingerprint density at radius 3 is 2.71 bits per heavy atom. The van der Waals surface area contributed by atoms with Gasteiger partial charge in [0.1, 0.15) is 6.04 Å². The van der Waals surface area contributed by atoms with Gasteiger partial charge in [0.2, 0.25) is 0 Å². The highest BCUT2D eigenvalue weighted by atomic mass is 35.5. The topological polar surface area (TPSA) is 26.5 Å². The zero-order valence-electron chi connectivity index (χ0n) is 9.01. The summed E-state index contributed by atoms with van der Waals surface area (Å²) in [5.74, 6) is 0. The Morgan fingerprint density at radius 1 is 1.18 bits per heavy atom. The second kappa shape index (κ2) is 4.51. The fourth-order valence-electron chi connectivity index (χ4n) is 1.87. The van der Waals surface area contributed by atoms with Crippen LogP contribution in [0.2, 0.25) is 5.02 Å². The first kappa shape index (κ1) is 10.8. The van der Waals surface area contributed by atoms with Gasteiger partial charge in [-0.3, -0.25) is 0 Å². The SMILES string of the molecule is Clc1ccc(C2CC(c3cccs3)=N[N]2)cc1. The normalized spacial score (nSPS) is 18.9. The van der Waals surface area contributed by atoms with Gasteiger partial charge in [-0.15, -0.1) is 11.3 Å². The van der Waals surface area contributed by atoms with E-state index in [1.165, 1.54) is 10.4 Å². The maximum atomic E-state index is 5.87. The minimum absolute atomic E-state index is 0.143. The van der Waals surface area contributed by atoms with Gasteiger partial charge in [-0.2, -0.15) is 10.5 Å². The molecule has 1 aliphatic heterocycles. The fourth-order valence-corrected chi connectivity index (χ4v) is 2.71. The molecule has 0 amide bonds. The van der Waals surface area contributed by atoms with Gasteiger partial charge in [0.25, 0.3) is 0 Å². The summed E-state index contributed by atoms with van der Waals surface area (Å²) < 4.78 is 0. The molecule has 0 N–H and O–H groups in total. The van der Waals surface area contributed by atoms with Gasteiger partial charge < -0.3 is 0 Å². The van der Waals surface area contributed by atoms with E-state index in [1.54, 1.807) is 11.3 Å². The van der Waals surface area contributed by atoms with Crippen LogP contribution in [-0.2, 0) is 0 Å². The van der Waals surface area contributed by atoms with Gasteiger partial charge in [0, 0.05) is 11.4 Å². The third kappa shape index (κ3) is 2.21. The largest absolute Gasteiger partial charge is 0.180 e. The molecule has 1 unspecified atom stereocenters. The highest BCUT2D eigenvalue weighted by Crippen LogP contribution is 2.28. The zero-order chi connectivity index (χ0) is 11.7. The second-order valence-electron chi connectivity index (χ2n) is 3.91. The van der Waals surface area contributed by atoms with Crippen molar-refractivity contribution in [2.24, 2.45) is 5.10 Å². The molecule has 2 aromatic rings. The van der Waals surface area contributed by atoms with Gasteiger partial charge in [-0.25, -0.2) is 0 Å². The van der Waals surface area contributed by atoms with E-state index >= 15 is 0 Å². The molecule has 85 valence electrons. The van der Waals surface area contributed by atoms with E-state index in [2.05, 4.69) is 22.0 Å². The third-order valence-electron chi connectivity index (χ3n) is 2.76. The summed E-state index contributed by atoms with van der Waals surface area (Å²) in [4.78, 5) is 1.21. The molecule has 2 heterocycles. The van der Waals surface area contributed by atoms with Crippen LogP contribution in [0.3, 0.4) is 0 Å². The van der Waals surface area contributed by atoms with Crippen LogP contribution in [0.1, 0.15) is 22.9 Å². The van der Waals surface area contributed by atoms with E-state index in [0.29, 0.717) is 0 Å². The Morgan fingerprint density at radius 2 is 2.00 bits per heavy atom. The summed E-state index contributed by atoms with van der Waals surface area (Å²) in [6.07, 6.45) is 0.877. The van der Waals surface area contributed by atoms with E-state index in [1.807, 2.05) is 30.3 Å². The minimum Gasteiger partial charge on any atom is -0.180 e. The molecule has 3 rings (SSSR count). The maximum Gasteiger partial charge on any atom is 0.102 e. The first-order chi connectivity index (χ1) is 8.33. The highest BCUT2D eigenvalue weighted by Gasteiger charge is 2.23. The summed E-state index contributed by atoms with van der Waals surface area (Å²) >= 11 is 7.58. The summed E-state index contributed by atoms with van der Waals surface area (Å²) in [5.41, 5.74) is 6.58. The number of hydrogen-bond acceptors (Lipinski definition) is 2.